The topological polar surface area (TPSA) is 69.3 Å². The first-order chi connectivity index (χ1) is 7.77. The second kappa shape index (κ2) is 3.03. The van der Waals surface area contributed by atoms with E-state index in [1.165, 1.54) is 10.8 Å². The Hall–Kier alpha value is -2.43. The van der Waals surface area contributed by atoms with Crippen molar-refractivity contribution in [3.63, 3.8) is 0 Å². The summed E-state index contributed by atoms with van der Waals surface area (Å²) in [6.07, 6.45) is 2.12. The summed E-state index contributed by atoms with van der Waals surface area (Å²) in [6, 6.07) is 7.13. The van der Waals surface area contributed by atoms with E-state index >= 15 is 0 Å². The van der Waals surface area contributed by atoms with Gasteiger partial charge in [0, 0.05) is 6.20 Å². The summed E-state index contributed by atoms with van der Waals surface area (Å²) in [7, 11) is 0. The first-order valence-corrected chi connectivity index (χ1v) is 4.77. The first kappa shape index (κ1) is 8.84. The van der Waals surface area contributed by atoms with Crippen LogP contribution in [-0.2, 0) is 0 Å². The molecule has 2 aromatic heterocycles. The van der Waals surface area contributed by atoms with Gasteiger partial charge in [-0.05, 0) is 29.2 Å². The van der Waals surface area contributed by atoms with Gasteiger partial charge in [-0.2, -0.15) is 0 Å². The summed E-state index contributed by atoms with van der Waals surface area (Å²) in [5.41, 5.74) is 2.33. The zero-order valence-electron chi connectivity index (χ0n) is 8.21. The molecule has 0 saturated heterocycles. The molecule has 1 aromatic carbocycles. The second-order valence-corrected chi connectivity index (χ2v) is 3.46. The fourth-order valence-electron chi connectivity index (χ4n) is 1.87. The SMILES string of the molecule is O=C(O)n1cccc2c3[nH+]cnc3ccc21. The molecule has 0 aliphatic heterocycles. The van der Waals surface area contributed by atoms with Crippen molar-refractivity contribution in [2.75, 3.05) is 0 Å². The predicted octanol–water partition coefficient (Wildman–Crippen LogP) is 1.53. The van der Waals surface area contributed by atoms with Crippen LogP contribution in [0.4, 0.5) is 4.79 Å². The molecule has 0 atom stereocenters. The maximum absolute atomic E-state index is 11.0. The Labute approximate surface area is 90.0 Å². The summed E-state index contributed by atoms with van der Waals surface area (Å²) in [5, 5.41) is 9.89. The molecule has 2 heterocycles. The third-order valence-electron chi connectivity index (χ3n) is 2.58. The number of rotatable bonds is 0. The Balaban J connectivity index is 2.53. The molecule has 0 aliphatic carbocycles. The summed E-state index contributed by atoms with van der Waals surface area (Å²) >= 11 is 0. The summed E-state index contributed by atoms with van der Waals surface area (Å²) in [4.78, 5) is 18.2. The highest BCUT2D eigenvalue weighted by atomic mass is 16.4. The molecular weight excluding hydrogens is 206 g/mol. The number of hydrogen-bond acceptors (Lipinski definition) is 2. The van der Waals surface area contributed by atoms with E-state index in [4.69, 9.17) is 5.11 Å². The second-order valence-electron chi connectivity index (χ2n) is 3.46. The van der Waals surface area contributed by atoms with Gasteiger partial charge in [0.05, 0.1) is 10.9 Å². The monoisotopic (exact) mass is 214 g/mol. The van der Waals surface area contributed by atoms with Gasteiger partial charge in [0.1, 0.15) is 0 Å². The Morgan fingerprint density at radius 2 is 2.25 bits per heavy atom. The van der Waals surface area contributed by atoms with Crippen LogP contribution in [0.25, 0.3) is 21.9 Å². The van der Waals surface area contributed by atoms with E-state index in [1.54, 1.807) is 24.5 Å². The highest BCUT2D eigenvalue weighted by molar-refractivity contribution is 6.02. The maximum atomic E-state index is 11.0. The fourth-order valence-corrected chi connectivity index (χ4v) is 1.87. The Morgan fingerprint density at radius 1 is 1.38 bits per heavy atom. The van der Waals surface area contributed by atoms with Gasteiger partial charge in [-0.15, -0.1) is 0 Å². The molecule has 3 rings (SSSR count). The van der Waals surface area contributed by atoms with Gasteiger partial charge >= 0.3 is 6.09 Å². The molecule has 5 nitrogen and oxygen atoms in total. The molecular formula is C11H8N3O2+. The quantitative estimate of drug-likeness (QED) is 0.617. The summed E-state index contributed by atoms with van der Waals surface area (Å²) < 4.78 is 1.19. The lowest BCUT2D eigenvalue weighted by Gasteiger charge is -2.04. The highest BCUT2D eigenvalue weighted by Crippen LogP contribution is 2.20. The third kappa shape index (κ3) is 1.08. The third-order valence-corrected chi connectivity index (χ3v) is 2.58. The Bertz CT molecular complexity index is 703. The van der Waals surface area contributed by atoms with Crippen molar-refractivity contribution in [3.8, 4) is 0 Å². The fraction of sp³-hybridized carbons (Fsp3) is 0. The summed E-state index contributed by atoms with van der Waals surface area (Å²) in [6.45, 7) is 0. The Morgan fingerprint density at radius 3 is 3.06 bits per heavy atom. The number of fused-ring (bicyclic) bond motifs is 3. The van der Waals surface area contributed by atoms with Crippen LogP contribution in [0.2, 0.25) is 0 Å². The number of H-pyrrole nitrogens is 1. The van der Waals surface area contributed by atoms with E-state index in [2.05, 4.69) is 9.97 Å². The molecule has 0 spiro atoms. The predicted molar refractivity (Wildman–Crippen MR) is 57.2 cm³/mol. The van der Waals surface area contributed by atoms with E-state index in [0.717, 1.165) is 16.4 Å². The molecule has 78 valence electrons. The molecule has 3 aromatic rings. The number of pyridine rings is 1. The number of aromatic nitrogens is 3. The molecule has 0 radical (unpaired) electrons. The van der Waals surface area contributed by atoms with E-state index in [-0.39, 0.29) is 0 Å². The van der Waals surface area contributed by atoms with Gasteiger partial charge in [-0.3, -0.25) is 4.57 Å². The van der Waals surface area contributed by atoms with Crippen LogP contribution in [-0.4, -0.2) is 20.8 Å². The van der Waals surface area contributed by atoms with Crippen molar-refractivity contribution < 1.29 is 14.9 Å². The molecule has 0 bridgehead atoms. The Kier molecular flexibility index (Phi) is 1.67. The van der Waals surface area contributed by atoms with Crippen molar-refractivity contribution in [2.24, 2.45) is 0 Å². The number of imidazole rings is 1. The minimum Gasteiger partial charge on any atom is -0.464 e. The molecule has 0 amide bonds. The van der Waals surface area contributed by atoms with Crippen molar-refractivity contribution in [3.05, 3.63) is 36.8 Å². The normalized spacial score (nSPS) is 11.0. The van der Waals surface area contributed by atoms with Gasteiger partial charge in [-0.1, -0.05) is 0 Å². The average molecular weight is 214 g/mol. The average Bonchev–Trinajstić information content (AvgIpc) is 2.76. The van der Waals surface area contributed by atoms with Gasteiger partial charge in [0.2, 0.25) is 5.52 Å². The molecule has 0 unspecified atom stereocenters. The van der Waals surface area contributed by atoms with Crippen molar-refractivity contribution in [2.45, 2.75) is 0 Å². The lowest BCUT2D eigenvalue weighted by molar-refractivity contribution is -0.343. The number of nitrogens with zero attached hydrogens (tertiary/aromatic N) is 2. The van der Waals surface area contributed by atoms with E-state index in [1.807, 2.05) is 6.07 Å². The molecule has 0 saturated carbocycles. The van der Waals surface area contributed by atoms with Crippen LogP contribution in [0.15, 0.2) is 36.8 Å². The number of carbonyl (C=O) groups is 1. The van der Waals surface area contributed by atoms with Crippen molar-refractivity contribution in [1.82, 2.24) is 9.55 Å². The minimum atomic E-state index is -0.996. The number of benzene rings is 1. The number of aromatic amines is 1. The molecule has 5 heteroatoms. The van der Waals surface area contributed by atoms with E-state index in [9.17, 15) is 4.79 Å². The van der Waals surface area contributed by atoms with Crippen LogP contribution in [0.3, 0.4) is 0 Å². The highest BCUT2D eigenvalue weighted by Gasteiger charge is 2.12. The molecule has 0 aliphatic rings. The number of hydrogen-bond donors (Lipinski definition) is 1. The smallest absolute Gasteiger partial charge is 0.416 e. The van der Waals surface area contributed by atoms with Crippen LogP contribution in [0.1, 0.15) is 0 Å². The lowest BCUT2D eigenvalue weighted by Crippen LogP contribution is -2.09. The zero-order valence-corrected chi connectivity index (χ0v) is 8.21. The first-order valence-electron chi connectivity index (χ1n) is 4.77. The van der Waals surface area contributed by atoms with Gasteiger partial charge < -0.3 is 5.11 Å². The number of nitrogens with one attached hydrogen (secondary N) is 1. The van der Waals surface area contributed by atoms with Gasteiger partial charge in [-0.25, -0.2) is 9.78 Å². The van der Waals surface area contributed by atoms with Crippen molar-refractivity contribution >= 4 is 28.0 Å². The van der Waals surface area contributed by atoms with E-state index < -0.39 is 6.09 Å². The van der Waals surface area contributed by atoms with Crippen LogP contribution >= 0.6 is 0 Å². The summed E-state index contributed by atoms with van der Waals surface area (Å²) in [5.74, 6) is 0. The van der Waals surface area contributed by atoms with Gasteiger partial charge in [0.25, 0.3) is 6.33 Å². The van der Waals surface area contributed by atoms with Crippen LogP contribution < -0.4 is 4.98 Å². The zero-order chi connectivity index (χ0) is 11.1. The van der Waals surface area contributed by atoms with E-state index in [0.29, 0.717) is 5.52 Å². The number of carboxylic acid groups (broad SMARTS) is 1. The van der Waals surface area contributed by atoms with Crippen molar-refractivity contribution in [1.29, 1.82) is 0 Å². The molecule has 0 fully saturated rings. The van der Waals surface area contributed by atoms with Gasteiger partial charge in [0.15, 0.2) is 5.52 Å². The van der Waals surface area contributed by atoms with Crippen LogP contribution in [0, 0.1) is 0 Å². The lowest BCUT2D eigenvalue weighted by atomic mass is 10.2. The standard InChI is InChI=1S/C11H7N3O2/c15-11(16)14-5-1-2-7-9(14)4-3-8-10(7)13-6-12-8/h1-6H,(H,15,16)/p+1. The van der Waals surface area contributed by atoms with Crippen LogP contribution in [0.5, 0.6) is 0 Å². The minimum absolute atomic E-state index is 0.645. The maximum Gasteiger partial charge on any atom is 0.416 e. The largest absolute Gasteiger partial charge is 0.464 e. The molecule has 16 heavy (non-hydrogen) atoms. The molecule has 2 N–H and O–H groups in total.